The Morgan fingerprint density at radius 1 is 1.29 bits per heavy atom. The Kier molecular flexibility index (Phi) is 4.55. The fourth-order valence-electron chi connectivity index (χ4n) is 1.26. The Morgan fingerprint density at radius 2 is 1.93 bits per heavy atom. The van der Waals surface area contributed by atoms with Gasteiger partial charge in [0.15, 0.2) is 0 Å². The molecule has 0 aromatic heterocycles. The van der Waals surface area contributed by atoms with Crippen LogP contribution in [0.5, 0.6) is 0 Å². The van der Waals surface area contributed by atoms with Crippen molar-refractivity contribution in [3.8, 4) is 0 Å². The molecule has 0 bridgehead atoms. The first-order chi connectivity index (χ1) is 6.75. The summed E-state index contributed by atoms with van der Waals surface area (Å²) >= 11 is 0. The highest BCUT2D eigenvalue weighted by Gasteiger charge is 2.25. The molecule has 0 aromatic carbocycles. The summed E-state index contributed by atoms with van der Waals surface area (Å²) in [5.41, 5.74) is 0. The monoisotopic (exact) mass is 200 g/mol. The highest BCUT2D eigenvalue weighted by Crippen LogP contribution is 1.99. The molecule has 0 aromatic rings. The minimum Gasteiger partial charge on any atom is -0.362 e. The van der Waals surface area contributed by atoms with Crippen LogP contribution in [0.4, 0.5) is 0 Å². The maximum Gasteiger partial charge on any atom is 0.255 e. The SMILES string of the molecule is CCCNCCN1C(=O)COCC1=O. The zero-order valence-electron chi connectivity index (χ0n) is 8.41. The molecular weight excluding hydrogens is 184 g/mol. The molecule has 0 saturated carbocycles. The molecule has 2 amide bonds. The van der Waals surface area contributed by atoms with Crippen LogP contribution in [0.25, 0.3) is 0 Å². The lowest BCUT2D eigenvalue weighted by molar-refractivity contribution is -0.158. The minimum atomic E-state index is -0.237. The number of nitrogens with zero attached hydrogens (tertiary/aromatic N) is 1. The molecule has 5 nitrogen and oxygen atoms in total. The van der Waals surface area contributed by atoms with Gasteiger partial charge in [-0.25, -0.2) is 0 Å². The van der Waals surface area contributed by atoms with Gasteiger partial charge >= 0.3 is 0 Å². The van der Waals surface area contributed by atoms with E-state index in [1.807, 2.05) is 0 Å². The quantitative estimate of drug-likeness (QED) is 0.474. The van der Waals surface area contributed by atoms with E-state index in [1.54, 1.807) is 0 Å². The highest BCUT2D eigenvalue weighted by molar-refractivity contribution is 5.98. The summed E-state index contributed by atoms with van der Waals surface area (Å²) in [5.74, 6) is -0.473. The van der Waals surface area contributed by atoms with Gasteiger partial charge in [-0.15, -0.1) is 0 Å². The summed E-state index contributed by atoms with van der Waals surface area (Å²) in [6.07, 6.45) is 1.05. The first-order valence-electron chi connectivity index (χ1n) is 4.87. The Balaban J connectivity index is 2.26. The van der Waals surface area contributed by atoms with Crippen molar-refractivity contribution in [2.24, 2.45) is 0 Å². The van der Waals surface area contributed by atoms with Gasteiger partial charge in [0.25, 0.3) is 11.8 Å². The number of imide groups is 1. The molecule has 80 valence electrons. The Hall–Kier alpha value is -0.940. The van der Waals surface area contributed by atoms with E-state index in [0.717, 1.165) is 13.0 Å². The third-order valence-electron chi connectivity index (χ3n) is 1.99. The fraction of sp³-hybridized carbons (Fsp3) is 0.778. The van der Waals surface area contributed by atoms with Crippen molar-refractivity contribution in [1.82, 2.24) is 10.2 Å². The van der Waals surface area contributed by atoms with Crippen LogP contribution < -0.4 is 5.32 Å². The molecule has 5 heteroatoms. The number of carbonyl (C=O) groups excluding carboxylic acids is 2. The molecular formula is C9H16N2O3. The Morgan fingerprint density at radius 3 is 2.50 bits per heavy atom. The summed E-state index contributed by atoms with van der Waals surface area (Å²) in [6.45, 7) is 4.14. The zero-order valence-corrected chi connectivity index (χ0v) is 8.41. The molecule has 1 saturated heterocycles. The Bertz CT molecular complexity index is 202. The van der Waals surface area contributed by atoms with Crippen molar-refractivity contribution in [2.45, 2.75) is 13.3 Å². The van der Waals surface area contributed by atoms with Crippen molar-refractivity contribution in [2.75, 3.05) is 32.8 Å². The lowest BCUT2D eigenvalue weighted by Gasteiger charge is -2.24. The number of carbonyl (C=O) groups is 2. The van der Waals surface area contributed by atoms with E-state index in [2.05, 4.69) is 12.2 Å². The first kappa shape index (κ1) is 11.1. The van der Waals surface area contributed by atoms with Crippen LogP contribution in [0.1, 0.15) is 13.3 Å². The van der Waals surface area contributed by atoms with Crippen molar-refractivity contribution >= 4 is 11.8 Å². The molecule has 1 aliphatic rings. The molecule has 1 rings (SSSR count). The van der Waals surface area contributed by atoms with Gasteiger partial charge in [-0.1, -0.05) is 6.92 Å². The summed E-state index contributed by atoms with van der Waals surface area (Å²) in [5, 5.41) is 3.14. The maximum atomic E-state index is 11.2. The van der Waals surface area contributed by atoms with E-state index in [0.29, 0.717) is 13.1 Å². The van der Waals surface area contributed by atoms with Gasteiger partial charge < -0.3 is 10.1 Å². The standard InChI is InChI=1S/C9H16N2O3/c1-2-3-10-4-5-11-8(12)6-14-7-9(11)13/h10H,2-7H2,1H3. The molecule has 0 spiro atoms. The smallest absolute Gasteiger partial charge is 0.255 e. The van der Waals surface area contributed by atoms with Crippen LogP contribution in [0, 0.1) is 0 Å². The van der Waals surface area contributed by atoms with Crippen LogP contribution in [-0.4, -0.2) is 49.6 Å². The van der Waals surface area contributed by atoms with E-state index in [9.17, 15) is 9.59 Å². The van der Waals surface area contributed by atoms with Gasteiger partial charge in [0.1, 0.15) is 13.2 Å². The lowest BCUT2D eigenvalue weighted by Crippen LogP contribution is -2.48. The van der Waals surface area contributed by atoms with Gasteiger partial charge in [-0.2, -0.15) is 0 Å². The van der Waals surface area contributed by atoms with E-state index in [4.69, 9.17) is 4.74 Å². The predicted octanol–water partition coefficient (Wildman–Crippen LogP) is -0.629. The normalized spacial score (nSPS) is 17.6. The van der Waals surface area contributed by atoms with Gasteiger partial charge in [0.2, 0.25) is 0 Å². The predicted molar refractivity (Wildman–Crippen MR) is 50.7 cm³/mol. The van der Waals surface area contributed by atoms with Crippen LogP contribution in [0.2, 0.25) is 0 Å². The molecule has 0 radical (unpaired) electrons. The molecule has 1 fully saturated rings. The molecule has 14 heavy (non-hydrogen) atoms. The second kappa shape index (κ2) is 5.72. The van der Waals surface area contributed by atoms with E-state index >= 15 is 0 Å². The maximum absolute atomic E-state index is 11.2. The largest absolute Gasteiger partial charge is 0.362 e. The van der Waals surface area contributed by atoms with Crippen LogP contribution >= 0.6 is 0 Å². The van der Waals surface area contributed by atoms with E-state index in [-0.39, 0.29) is 25.0 Å². The molecule has 1 N–H and O–H groups in total. The fourth-order valence-corrected chi connectivity index (χ4v) is 1.26. The number of rotatable bonds is 5. The van der Waals surface area contributed by atoms with Gasteiger partial charge in [-0.05, 0) is 13.0 Å². The van der Waals surface area contributed by atoms with E-state index in [1.165, 1.54) is 4.90 Å². The van der Waals surface area contributed by atoms with Crippen LogP contribution in [-0.2, 0) is 14.3 Å². The molecule has 1 heterocycles. The average Bonchev–Trinajstić information content (AvgIpc) is 2.16. The second-order valence-electron chi connectivity index (χ2n) is 3.18. The van der Waals surface area contributed by atoms with Gasteiger partial charge in [-0.3, -0.25) is 14.5 Å². The average molecular weight is 200 g/mol. The van der Waals surface area contributed by atoms with Crippen molar-refractivity contribution < 1.29 is 14.3 Å². The lowest BCUT2D eigenvalue weighted by atomic mass is 10.3. The Labute approximate surface area is 83.4 Å². The summed E-state index contributed by atoms with van der Waals surface area (Å²) in [4.78, 5) is 23.7. The second-order valence-corrected chi connectivity index (χ2v) is 3.18. The third-order valence-corrected chi connectivity index (χ3v) is 1.99. The van der Waals surface area contributed by atoms with E-state index < -0.39 is 0 Å². The number of hydrogen-bond donors (Lipinski definition) is 1. The topological polar surface area (TPSA) is 58.6 Å². The number of hydrogen-bond acceptors (Lipinski definition) is 4. The number of nitrogens with one attached hydrogen (secondary N) is 1. The number of morpholine rings is 1. The molecule has 1 aliphatic heterocycles. The first-order valence-corrected chi connectivity index (χ1v) is 4.87. The van der Waals surface area contributed by atoms with Crippen molar-refractivity contribution in [1.29, 1.82) is 0 Å². The zero-order chi connectivity index (χ0) is 10.4. The molecule has 0 unspecified atom stereocenters. The van der Waals surface area contributed by atoms with Crippen LogP contribution in [0.15, 0.2) is 0 Å². The summed E-state index contributed by atoms with van der Waals surface area (Å²) in [7, 11) is 0. The molecule has 0 atom stereocenters. The van der Waals surface area contributed by atoms with Crippen molar-refractivity contribution in [3.63, 3.8) is 0 Å². The molecule has 0 aliphatic carbocycles. The third kappa shape index (κ3) is 3.08. The van der Waals surface area contributed by atoms with Gasteiger partial charge in [0.05, 0.1) is 0 Å². The summed E-state index contributed by atoms with van der Waals surface area (Å²) < 4.78 is 4.79. The van der Waals surface area contributed by atoms with Gasteiger partial charge in [0, 0.05) is 13.1 Å². The highest BCUT2D eigenvalue weighted by atomic mass is 16.5. The number of ether oxygens (including phenoxy) is 1. The van der Waals surface area contributed by atoms with Crippen molar-refractivity contribution in [3.05, 3.63) is 0 Å². The minimum absolute atomic E-state index is 0.0273. The van der Waals surface area contributed by atoms with Crippen LogP contribution in [0.3, 0.4) is 0 Å². The summed E-state index contributed by atoms with van der Waals surface area (Å²) in [6, 6.07) is 0. The number of amides is 2.